The third-order valence-electron chi connectivity index (χ3n) is 6.56. The van der Waals surface area contributed by atoms with E-state index in [1.807, 2.05) is 56.3 Å². The first-order chi connectivity index (χ1) is 19.5. The fraction of sp³-hybridized carbons (Fsp3) is 0.258. The number of aryl methyl sites for hydroxylation is 1. The summed E-state index contributed by atoms with van der Waals surface area (Å²) in [5, 5.41) is 36.1. The molecule has 0 spiro atoms. The number of thiophene rings is 1. The third kappa shape index (κ3) is 6.49. The summed E-state index contributed by atoms with van der Waals surface area (Å²) in [4.78, 5) is 0. The highest BCUT2D eigenvalue weighted by atomic mass is 32.1. The van der Waals surface area contributed by atoms with E-state index in [-0.39, 0.29) is 19.1 Å². The minimum Gasteiger partial charge on any atom is -0.491 e. The number of H-pyrrole nitrogens is 1. The van der Waals surface area contributed by atoms with E-state index in [1.165, 1.54) is 10.1 Å². The van der Waals surface area contributed by atoms with Crippen molar-refractivity contribution < 1.29 is 19.7 Å². The first-order valence-electron chi connectivity index (χ1n) is 12.9. The van der Waals surface area contributed by atoms with Gasteiger partial charge in [0.2, 0.25) is 0 Å². The number of aliphatic hydroxyl groups is 2. The SMILES string of the molecule is CC#CC(Cc1nn[nH]n1)c1ccc(OCc2ccc3scc(-c4ccc(OCC(O)CO)cc4C)c3c2)cc1. The van der Waals surface area contributed by atoms with Crippen molar-refractivity contribution in [1.82, 2.24) is 20.6 Å². The Labute approximate surface area is 236 Å². The summed E-state index contributed by atoms with van der Waals surface area (Å²) < 4.78 is 12.9. The molecule has 0 amide bonds. The molecule has 0 aliphatic carbocycles. The Balaban J connectivity index is 1.28. The van der Waals surface area contributed by atoms with Gasteiger partial charge in [0.25, 0.3) is 0 Å². The first kappa shape index (κ1) is 27.3. The van der Waals surface area contributed by atoms with Gasteiger partial charge in [-0.25, -0.2) is 0 Å². The van der Waals surface area contributed by atoms with Crippen LogP contribution in [0.5, 0.6) is 11.5 Å². The van der Waals surface area contributed by atoms with Gasteiger partial charge in [-0.05, 0) is 77.9 Å². The van der Waals surface area contributed by atoms with Crippen LogP contribution in [0.2, 0.25) is 0 Å². The number of aromatic nitrogens is 4. The number of rotatable bonds is 11. The van der Waals surface area contributed by atoms with E-state index in [1.54, 1.807) is 11.3 Å². The average molecular weight is 555 g/mol. The number of nitrogens with one attached hydrogen (secondary N) is 1. The molecule has 2 unspecified atom stereocenters. The van der Waals surface area contributed by atoms with Gasteiger partial charge in [0.15, 0.2) is 5.82 Å². The van der Waals surface area contributed by atoms with Crippen LogP contribution in [0.25, 0.3) is 21.2 Å². The second-order valence-electron chi connectivity index (χ2n) is 9.44. The summed E-state index contributed by atoms with van der Waals surface area (Å²) >= 11 is 1.71. The molecule has 0 bridgehead atoms. The molecule has 0 saturated heterocycles. The molecule has 2 heterocycles. The quantitative estimate of drug-likeness (QED) is 0.196. The first-order valence-corrected chi connectivity index (χ1v) is 13.8. The number of fused-ring (bicyclic) bond motifs is 1. The molecule has 0 aliphatic rings. The van der Waals surface area contributed by atoms with Crippen LogP contribution in [0, 0.1) is 18.8 Å². The largest absolute Gasteiger partial charge is 0.491 e. The van der Waals surface area contributed by atoms with Gasteiger partial charge in [-0.15, -0.1) is 27.5 Å². The number of ether oxygens (including phenoxy) is 2. The van der Waals surface area contributed by atoms with Crippen LogP contribution < -0.4 is 9.47 Å². The molecule has 3 N–H and O–H groups in total. The monoisotopic (exact) mass is 554 g/mol. The van der Waals surface area contributed by atoms with E-state index in [0.717, 1.165) is 33.6 Å². The summed E-state index contributed by atoms with van der Waals surface area (Å²) in [6, 6.07) is 20.3. The maximum atomic E-state index is 9.56. The number of aromatic amines is 1. The van der Waals surface area contributed by atoms with Crippen LogP contribution >= 0.6 is 11.3 Å². The second kappa shape index (κ2) is 12.7. The van der Waals surface area contributed by atoms with E-state index in [0.29, 0.717) is 24.6 Å². The lowest BCUT2D eigenvalue weighted by molar-refractivity contribution is 0.0536. The van der Waals surface area contributed by atoms with Crippen molar-refractivity contribution in [1.29, 1.82) is 0 Å². The van der Waals surface area contributed by atoms with Crippen molar-refractivity contribution in [2.45, 2.75) is 38.9 Å². The van der Waals surface area contributed by atoms with Crippen molar-refractivity contribution in [3.8, 4) is 34.5 Å². The third-order valence-corrected chi connectivity index (χ3v) is 7.52. The van der Waals surface area contributed by atoms with Gasteiger partial charge < -0.3 is 19.7 Å². The number of benzene rings is 3. The predicted molar refractivity (Wildman–Crippen MR) is 155 cm³/mol. The predicted octanol–water partition coefficient (Wildman–Crippen LogP) is 5.05. The van der Waals surface area contributed by atoms with Crippen LogP contribution in [-0.2, 0) is 13.0 Å². The van der Waals surface area contributed by atoms with Gasteiger partial charge >= 0.3 is 0 Å². The molecule has 3 aromatic carbocycles. The Bertz CT molecular complexity index is 1620. The Hall–Kier alpha value is -4.23. The van der Waals surface area contributed by atoms with Crippen LogP contribution in [-0.4, -0.2) is 50.2 Å². The average Bonchev–Trinajstić information content (AvgIpc) is 3.65. The van der Waals surface area contributed by atoms with E-state index in [9.17, 15) is 5.11 Å². The molecule has 0 fully saturated rings. The topological polar surface area (TPSA) is 113 Å². The zero-order valence-corrected chi connectivity index (χ0v) is 23.1. The molecule has 40 heavy (non-hydrogen) atoms. The van der Waals surface area contributed by atoms with E-state index < -0.39 is 6.10 Å². The van der Waals surface area contributed by atoms with Gasteiger partial charge in [-0.1, -0.05) is 35.4 Å². The Morgan fingerprint density at radius 2 is 1.82 bits per heavy atom. The van der Waals surface area contributed by atoms with Gasteiger partial charge in [0.1, 0.15) is 30.8 Å². The number of hydrogen-bond donors (Lipinski definition) is 3. The number of hydrogen-bond acceptors (Lipinski definition) is 8. The van der Waals surface area contributed by atoms with Crippen molar-refractivity contribution in [2.24, 2.45) is 0 Å². The molecular weight excluding hydrogens is 524 g/mol. The number of nitrogens with zero attached hydrogens (tertiary/aromatic N) is 3. The maximum Gasteiger partial charge on any atom is 0.176 e. The van der Waals surface area contributed by atoms with Crippen LogP contribution in [0.1, 0.15) is 35.4 Å². The lowest BCUT2D eigenvalue weighted by Crippen LogP contribution is -2.21. The molecule has 5 aromatic rings. The Morgan fingerprint density at radius 3 is 2.55 bits per heavy atom. The Morgan fingerprint density at radius 1 is 1.00 bits per heavy atom. The van der Waals surface area contributed by atoms with Crippen molar-refractivity contribution in [2.75, 3.05) is 13.2 Å². The number of tetrazole rings is 1. The van der Waals surface area contributed by atoms with E-state index in [4.69, 9.17) is 14.6 Å². The molecule has 0 radical (unpaired) electrons. The summed E-state index contributed by atoms with van der Waals surface area (Å²) in [5.74, 6) is 8.29. The highest BCUT2D eigenvalue weighted by Gasteiger charge is 2.14. The minimum absolute atomic E-state index is 0.0210. The second-order valence-corrected chi connectivity index (χ2v) is 10.4. The minimum atomic E-state index is -0.894. The highest BCUT2D eigenvalue weighted by Crippen LogP contribution is 2.37. The molecule has 204 valence electrons. The lowest BCUT2D eigenvalue weighted by Gasteiger charge is -2.13. The molecule has 0 saturated carbocycles. The summed E-state index contributed by atoms with van der Waals surface area (Å²) in [7, 11) is 0. The van der Waals surface area contributed by atoms with Crippen molar-refractivity contribution in [3.05, 3.63) is 88.6 Å². The van der Waals surface area contributed by atoms with E-state index >= 15 is 0 Å². The molecule has 2 aromatic heterocycles. The molecule has 5 rings (SSSR count). The summed E-state index contributed by atoms with van der Waals surface area (Å²) in [6.45, 7) is 4.05. The zero-order valence-electron chi connectivity index (χ0n) is 22.3. The van der Waals surface area contributed by atoms with Crippen molar-refractivity contribution in [3.63, 3.8) is 0 Å². The molecular formula is C31H30N4O4S. The standard InChI is InChI=1S/C31H30N4O4S/c1-3-4-23(15-31-32-34-35-33-31)22-6-8-25(9-7-22)38-17-21-5-12-30-28(14-21)29(19-40-30)27-11-10-26(13-20(27)2)39-18-24(37)16-36/h5-14,19,23-24,36-37H,15-18H2,1-2H3,(H,32,33,34,35). The van der Waals surface area contributed by atoms with Gasteiger partial charge in [-0.3, -0.25) is 0 Å². The molecule has 9 heteroatoms. The highest BCUT2D eigenvalue weighted by molar-refractivity contribution is 7.17. The fourth-order valence-corrected chi connectivity index (χ4v) is 5.43. The summed E-state index contributed by atoms with van der Waals surface area (Å²) in [6.07, 6.45) is -0.308. The van der Waals surface area contributed by atoms with Gasteiger partial charge in [0.05, 0.1) is 12.5 Å². The Kier molecular flexibility index (Phi) is 8.71. The molecule has 8 nitrogen and oxygen atoms in total. The van der Waals surface area contributed by atoms with Gasteiger partial charge in [-0.2, -0.15) is 5.21 Å². The maximum absolute atomic E-state index is 9.56. The van der Waals surface area contributed by atoms with Gasteiger partial charge in [0, 0.05) is 22.1 Å². The van der Waals surface area contributed by atoms with Crippen LogP contribution in [0.15, 0.2) is 66.0 Å². The number of aliphatic hydroxyl groups excluding tert-OH is 2. The van der Waals surface area contributed by atoms with E-state index in [2.05, 4.69) is 56.0 Å². The fourth-order valence-electron chi connectivity index (χ4n) is 4.49. The van der Waals surface area contributed by atoms with Crippen LogP contribution in [0.3, 0.4) is 0 Å². The zero-order chi connectivity index (χ0) is 27.9. The van der Waals surface area contributed by atoms with Crippen molar-refractivity contribution >= 4 is 21.4 Å². The normalized spacial score (nSPS) is 12.5. The molecule has 0 aliphatic heterocycles. The molecule has 2 atom stereocenters. The lowest BCUT2D eigenvalue weighted by atomic mass is 9.96. The smallest absolute Gasteiger partial charge is 0.176 e. The summed E-state index contributed by atoms with van der Waals surface area (Å²) in [5.41, 5.74) is 5.52. The van der Waals surface area contributed by atoms with Crippen LogP contribution in [0.4, 0.5) is 0 Å².